The lowest BCUT2D eigenvalue weighted by molar-refractivity contribution is -0.185. The summed E-state index contributed by atoms with van der Waals surface area (Å²) in [6.07, 6.45) is 0.692. The fraction of sp³-hybridized carbons (Fsp3) is 1.00. The maximum Gasteiger partial charge on any atom is 0.144 e. The van der Waals surface area contributed by atoms with Gasteiger partial charge in [0.25, 0.3) is 0 Å². The molecule has 0 spiro atoms. The van der Waals surface area contributed by atoms with Gasteiger partial charge >= 0.3 is 0 Å². The summed E-state index contributed by atoms with van der Waals surface area (Å²) >= 11 is 4.33. The largest absolute Gasteiger partial charge is 0.368 e. The molecular formula is C9H22O3SSi. The van der Waals surface area contributed by atoms with E-state index in [2.05, 4.69) is 12.6 Å². The second-order valence-corrected chi connectivity index (χ2v) is 5.21. The molecule has 86 valence electrons. The highest BCUT2D eigenvalue weighted by atomic mass is 32.1. The van der Waals surface area contributed by atoms with Crippen molar-refractivity contribution < 1.29 is 14.2 Å². The summed E-state index contributed by atoms with van der Waals surface area (Å²) < 4.78 is 16.6. The molecule has 0 saturated heterocycles. The molecule has 3 nitrogen and oxygen atoms in total. The van der Waals surface area contributed by atoms with Crippen LogP contribution in [0.4, 0.5) is 0 Å². The van der Waals surface area contributed by atoms with Crippen LogP contribution in [0.25, 0.3) is 0 Å². The molecule has 0 amide bonds. The van der Waals surface area contributed by atoms with E-state index in [9.17, 15) is 0 Å². The monoisotopic (exact) mass is 238 g/mol. The maximum atomic E-state index is 5.60. The Morgan fingerprint density at radius 3 is 2.00 bits per heavy atom. The van der Waals surface area contributed by atoms with Crippen molar-refractivity contribution >= 4 is 22.9 Å². The van der Waals surface area contributed by atoms with E-state index in [4.69, 9.17) is 14.2 Å². The molecule has 0 rings (SSSR count). The quantitative estimate of drug-likeness (QED) is 0.384. The zero-order valence-corrected chi connectivity index (χ0v) is 12.5. The average molecular weight is 238 g/mol. The van der Waals surface area contributed by atoms with Gasteiger partial charge in [-0.05, 0) is 20.8 Å². The zero-order valence-electron chi connectivity index (χ0n) is 9.58. The summed E-state index contributed by atoms with van der Waals surface area (Å²) in [6, 6.07) is 0. The molecule has 0 heterocycles. The number of ether oxygens (including phenoxy) is 3. The number of hydrogen-bond donors (Lipinski definition) is 1. The van der Waals surface area contributed by atoms with Crippen molar-refractivity contribution in [2.24, 2.45) is 0 Å². The van der Waals surface area contributed by atoms with Gasteiger partial charge in [0.15, 0.2) is 0 Å². The van der Waals surface area contributed by atoms with E-state index in [1.165, 1.54) is 0 Å². The fourth-order valence-corrected chi connectivity index (χ4v) is 3.11. The number of hydrogen-bond acceptors (Lipinski definition) is 4. The van der Waals surface area contributed by atoms with Crippen LogP contribution in [0.2, 0.25) is 0 Å². The van der Waals surface area contributed by atoms with Crippen molar-refractivity contribution in [1.82, 2.24) is 0 Å². The molecule has 5 heteroatoms. The molecule has 0 N–H and O–H groups in total. The van der Waals surface area contributed by atoms with Crippen LogP contribution in [0.5, 0.6) is 0 Å². The summed E-state index contributed by atoms with van der Waals surface area (Å²) in [5.41, 5.74) is -0.541. The molecule has 0 bridgehead atoms. The molecule has 14 heavy (non-hydrogen) atoms. The molecule has 0 aromatic heterocycles. The van der Waals surface area contributed by atoms with Crippen molar-refractivity contribution in [2.75, 3.05) is 19.8 Å². The smallest absolute Gasteiger partial charge is 0.144 e. The molecule has 0 saturated carbocycles. The third kappa shape index (κ3) is 6.03. The van der Waals surface area contributed by atoms with Crippen LogP contribution in [-0.2, 0) is 14.2 Å². The Bertz CT molecular complexity index is 140. The molecule has 0 aromatic rings. The van der Waals surface area contributed by atoms with E-state index in [0.29, 0.717) is 26.2 Å². The Kier molecular flexibility index (Phi) is 7.95. The number of thiol groups is 1. The maximum absolute atomic E-state index is 5.60. The summed E-state index contributed by atoms with van der Waals surface area (Å²) in [6.45, 7) is 7.90. The van der Waals surface area contributed by atoms with Gasteiger partial charge in [0.05, 0.1) is 10.2 Å². The highest BCUT2D eigenvalue weighted by Gasteiger charge is 2.27. The lowest BCUT2D eigenvalue weighted by atomic mass is 10.4. The SMILES string of the molecule is CCOC(S)CC([SiH3])(OCC)OCC. The van der Waals surface area contributed by atoms with Gasteiger partial charge in [-0.2, -0.15) is 0 Å². The van der Waals surface area contributed by atoms with E-state index in [1.807, 2.05) is 20.8 Å². The number of rotatable bonds is 8. The highest BCUT2D eigenvalue weighted by Crippen LogP contribution is 2.19. The summed E-state index contributed by atoms with van der Waals surface area (Å²) in [7, 11) is 0.819. The molecule has 0 aliphatic rings. The van der Waals surface area contributed by atoms with Crippen LogP contribution in [-0.4, -0.2) is 40.9 Å². The van der Waals surface area contributed by atoms with Crippen molar-refractivity contribution in [3.8, 4) is 0 Å². The van der Waals surface area contributed by atoms with E-state index in [-0.39, 0.29) is 5.44 Å². The van der Waals surface area contributed by atoms with Crippen molar-refractivity contribution in [2.45, 2.75) is 38.0 Å². The first-order chi connectivity index (χ1) is 6.58. The van der Waals surface area contributed by atoms with Gasteiger partial charge in [-0.3, -0.25) is 0 Å². The minimum atomic E-state index is -0.439. The minimum absolute atomic E-state index is 0.101. The Balaban J connectivity index is 4.05. The minimum Gasteiger partial charge on any atom is -0.368 e. The van der Waals surface area contributed by atoms with Gasteiger partial charge in [0, 0.05) is 26.2 Å². The summed E-state index contributed by atoms with van der Waals surface area (Å²) in [5.74, 6) is 0. The molecule has 0 aliphatic carbocycles. The van der Waals surface area contributed by atoms with Gasteiger partial charge in [-0.25, -0.2) is 0 Å². The topological polar surface area (TPSA) is 27.7 Å². The van der Waals surface area contributed by atoms with E-state index in [0.717, 1.165) is 10.2 Å². The fourth-order valence-electron chi connectivity index (χ4n) is 1.34. The zero-order chi connectivity index (χ0) is 11.0. The standard InChI is InChI=1S/C9H22O3SSi/c1-4-10-8(13)7-9(14,11-5-2)12-6-3/h8,13H,4-7H2,1-3,14H3. The van der Waals surface area contributed by atoms with Crippen LogP contribution in [0.1, 0.15) is 27.2 Å². The molecule has 0 aliphatic heterocycles. The molecule has 0 aromatic carbocycles. The predicted molar refractivity (Wildman–Crippen MR) is 64.9 cm³/mol. The normalized spacial score (nSPS) is 14.6. The van der Waals surface area contributed by atoms with Gasteiger partial charge in [-0.15, -0.1) is 12.6 Å². The first-order valence-corrected chi connectivity index (χ1v) is 6.67. The third-order valence-corrected chi connectivity index (χ3v) is 3.12. The first-order valence-electron chi connectivity index (χ1n) is 5.15. The Morgan fingerprint density at radius 1 is 1.14 bits per heavy atom. The van der Waals surface area contributed by atoms with Crippen molar-refractivity contribution in [1.29, 1.82) is 0 Å². The van der Waals surface area contributed by atoms with Crippen LogP contribution >= 0.6 is 12.6 Å². The van der Waals surface area contributed by atoms with E-state index in [1.54, 1.807) is 0 Å². The van der Waals surface area contributed by atoms with Gasteiger partial charge in [-0.1, -0.05) is 0 Å². The van der Waals surface area contributed by atoms with E-state index < -0.39 is 5.41 Å². The highest BCUT2D eigenvalue weighted by molar-refractivity contribution is 7.80. The van der Waals surface area contributed by atoms with Crippen LogP contribution in [0.15, 0.2) is 0 Å². The Hall–Kier alpha value is 0.447. The van der Waals surface area contributed by atoms with Crippen LogP contribution < -0.4 is 0 Å². The average Bonchev–Trinajstić information content (AvgIpc) is 2.04. The molecule has 0 radical (unpaired) electrons. The lowest BCUT2D eigenvalue weighted by Crippen LogP contribution is -2.39. The second-order valence-electron chi connectivity index (χ2n) is 3.11. The second kappa shape index (κ2) is 7.70. The Labute approximate surface area is 95.3 Å². The molecule has 1 unspecified atom stereocenters. The summed E-state index contributed by atoms with van der Waals surface area (Å²) in [4.78, 5) is 0. The predicted octanol–water partition coefficient (Wildman–Crippen LogP) is 0.761. The lowest BCUT2D eigenvalue weighted by Gasteiger charge is -2.31. The molecular weight excluding hydrogens is 216 g/mol. The van der Waals surface area contributed by atoms with Crippen molar-refractivity contribution in [3.05, 3.63) is 0 Å². The molecule has 1 atom stereocenters. The summed E-state index contributed by atoms with van der Waals surface area (Å²) in [5, 5.41) is 0. The van der Waals surface area contributed by atoms with Crippen LogP contribution in [0.3, 0.4) is 0 Å². The van der Waals surface area contributed by atoms with Gasteiger partial charge in [0.2, 0.25) is 0 Å². The van der Waals surface area contributed by atoms with Gasteiger partial charge in [0.1, 0.15) is 10.8 Å². The van der Waals surface area contributed by atoms with Crippen molar-refractivity contribution in [3.63, 3.8) is 0 Å². The third-order valence-electron chi connectivity index (χ3n) is 1.80. The first kappa shape index (κ1) is 14.4. The van der Waals surface area contributed by atoms with Crippen LogP contribution in [0, 0.1) is 0 Å². The van der Waals surface area contributed by atoms with E-state index >= 15 is 0 Å². The van der Waals surface area contributed by atoms with Gasteiger partial charge < -0.3 is 14.2 Å². The molecule has 0 fully saturated rings. The Morgan fingerprint density at radius 2 is 1.64 bits per heavy atom.